The highest BCUT2D eigenvalue weighted by Crippen LogP contribution is 2.45. The Kier molecular flexibility index (Phi) is 3.60. The predicted octanol–water partition coefficient (Wildman–Crippen LogP) is 2.41. The van der Waals surface area contributed by atoms with Crippen molar-refractivity contribution in [2.24, 2.45) is 17.8 Å². The average molecular weight is 205 g/mol. The van der Waals surface area contributed by atoms with Gasteiger partial charge in [0, 0.05) is 0 Å². The summed E-state index contributed by atoms with van der Waals surface area (Å²) in [5, 5.41) is 0. The molecule has 0 aromatic rings. The second kappa shape index (κ2) is 4.32. The standard InChI is InChI=1S/C10H16O2.ClH/c1-12-10(11)9-6-7-2-4-8(9)5-3-7;/h7-9H,2-6H2,1H3;1H. The van der Waals surface area contributed by atoms with E-state index in [9.17, 15) is 4.79 Å². The van der Waals surface area contributed by atoms with Crippen molar-refractivity contribution < 1.29 is 9.53 Å². The van der Waals surface area contributed by atoms with Crippen molar-refractivity contribution in [3.05, 3.63) is 0 Å². The van der Waals surface area contributed by atoms with E-state index in [4.69, 9.17) is 4.74 Å². The zero-order valence-corrected chi connectivity index (χ0v) is 8.81. The van der Waals surface area contributed by atoms with Crippen molar-refractivity contribution in [3.63, 3.8) is 0 Å². The van der Waals surface area contributed by atoms with Crippen molar-refractivity contribution in [1.82, 2.24) is 0 Å². The number of fused-ring (bicyclic) bond motifs is 3. The van der Waals surface area contributed by atoms with E-state index in [0.717, 1.165) is 12.3 Å². The summed E-state index contributed by atoms with van der Waals surface area (Å²) >= 11 is 0. The molecule has 3 aliphatic rings. The maximum Gasteiger partial charge on any atom is 0.308 e. The number of esters is 1. The fraction of sp³-hybridized carbons (Fsp3) is 0.900. The lowest BCUT2D eigenvalue weighted by Crippen LogP contribution is -2.36. The first kappa shape index (κ1) is 10.8. The van der Waals surface area contributed by atoms with Crippen LogP contribution in [0.1, 0.15) is 32.1 Å². The maximum absolute atomic E-state index is 11.3. The molecule has 13 heavy (non-hydrogen) atoms. The summed E-state index contributed by atoms with van der Waals surface area (Å²) in [6.07, 6.45) is 6.29. The molecule has 3 heteroatoms. The normalized spacial score (nSPS) is 36.5. The van der Waals surface area contributed by atoms with Gasteiger partial charge in [-0.25, -0.2) is 0 Å². The molecule has 0 radical (unpaired) electrons. The van der Waals surface area contributed by atoms with Crippen LogP contribution >= 0.6 is 12.4 Å². The van der Waals surface area contributed by atoms with Crippen LogP contribution in [0.4, 0.5) is 0 Å². The summed E-state index contributed by atoms with van der Waals surface area (Å²) in [5.41, 5.74) is 0. The predicted molar refractivity (Wildman–Crippen MR) is 52.8 cm³/mol. The minimum Gasteiger partial charge on any atom is -0.469 e. The highest BCUT2D eigenvalue weighted by Gasteiger charge is 2.39. The third kappa shape index (κ3) is 1.98. The zero-order valence-electron chi connectivity index (χ0n) is 7.99. The highest BCUT2D eigenvalue weighted by molar-refractivity contribution is 5.85. The van der Waals surface area contributed by atoms with E-state index in [1.165, 1.54) is 32.8 Å². The summed E-state index contributed by atoms with van der Waals surface area (Å²) in [6, 6.07) is 0. The molecule has 0 aromatic heterocycles. The number of halogens is 1. The molecule has 2 nitrogen and oxygen atoms in total. The van der Waals surface area contributed by atoms with Crippen LogP contribution < -0.4 is 0 Å². The Morgan fingerprint density at radius 1 is 1.23 bits per heavy atom. The Balaban J connectivity index is 0.000000845. The van der Waals surface area contributed by atoms with Crippen LogP contribution in [0, 0.1) is 17.8 Å². The number of rotatable bonds is 1. The SMILES string of the molecule is COC(=O)C1CC2CCC1CC2.Cl. The van der Waals surface area contributed by atoms with Gasteiger partial charge in [-0.15, -0.1) is 12.4 Å². The van der Waals surface area contributed by atoms with Crippen LogP contribution in [0.15, 0.2) is 0 Å². The molecule has 0 N–H and O–H groups in total. The van der Waals surface area contributed by atoms with Crippen molar-refractivity contribution in [1.29, 1.82) is 0 Å². The maximum atomic E-state index is 11.3. The van der Waals surface area contributed by atoms with Gasteiger partial charge in [0.15, 0.2) is 0 Å². The highest BCUT2D eigenvalue weighted by atomic mass is 35.5. The Morgan fingerprint density at radius 3 is 2.23 bits per heavy atom. The summed E-state index contributed by atoms with van der Waals surface area (Å²) in [6.45, 7) is 0. The number of methoxy groups -OCH3 is 1. The molecular formula is C10H17ClO2. The fourth-order valence-electron chi connectivity index (χ4n) is 2.82. The quantitative estimate of drug-likeness (QED) is 0.614. The molecule has 0 amide bonds. The lowest BCUT2D eigenvalue weighted by molar-refractivity contribution is -0.151. The molecule has 3 rings (SSSR count). The van der Waals surface area contributed by atoms with Gasteiger partial charge in [-0.2, -0.15) is 0 Å². The number of carbonyl (C=O) groups is 1. The van der Waals surface area contributed by atoms with Gasteiger partial charge in [0.2, 0.25) is 0 Å². The minimum absolute atomic E-state index is 0. The summed E-state index contributed by atoms with van der Waals surface area (Å²) in [5.74, 6) is 1.73. The molecule has 3 aliphatic carbocycles. The van der Waals surface area contributed by atoms with Gasteiger partial charge >= 0.3 is 5.97 Å². The summed E-state index contributed by atoms with van der Waals surface area (Å²) in [7, 11) is 1.50. The largest absolute Gasteiger partial charge is 0.469 e. The molecule has 2 bridgehead atoms. The third-order valence-electron chi connectivity index (χ3n) is 3.55. The van der Waals surface area contributed by atoms with Crippen LogP contribution in [0.2, 0.25) is 0 Å². The van der Waals surface area contributed by atoms with Gasteiger partial charge in [-0.3, -0.25) is 4.79 Å². The molecule has 3 fully saturated rings. The second-order valence-electron chi connectivity index (χ2n) is 4.15. The molecule has 0 aromatic carbocycles. The Bertz CT molecular complexity index is 185. The van der Waals surface area contributed by atoms with Crippen molar-refractivity contribution >= 4 is 18.4 Å². The van der Waals surface area contributed by atoms with Gasteiger partial charge in [0.05, 0.1) is 13.0 Å². The molecule has 1 unspecified atom stereocenters. The zero-order chi connectivity index (χ0) is 8.55. The van der Waals surface area contributed by atoms with E-state index in [-0.39, 0.29) is 24.3 Å². The van der Waals surface area contributed by atoms with Gasteiger partial charge in [0.1, 0.15) is 0 Å². The minimum atomic E-state index is 0. The molecule has 0 saturated heterocycles. The Hall–Kier alpha value is -0.240. The van der Waals surface area contributed by atoms with Crippen LogP contribution in [0.3, 0.4) is 0 Å². The molecule has 0 spiro atoms. The number of hydrogen-bond donors (Lipinski definition) is 0. The lowest BCUT2D eigenvalue weighted by atomic mass is 9.65. The van der Waals surface area contributed by atoms with E-state index in [0.29, 0.717) is 5.92 Å². The topological polar surface area (TPSA) is 26.3 Å². The molecule has 1 atom stereocenters. The van der Waals surface area contributed by atoms with E-state index >= 15 is 0 Å². The first-order valence-corrected chi connectivity index (χ1v) is 4.89. The first-order chi connectivity index (χ1) is 5.81. The Morgan fingerprint density at radius 2 is 1.85 bits per heavy atom. The van der Waals surface area contributed by atoms with Gasteiger partial charge in [-0.05, 0) is 31.1 Å². The van der Waals surface area contributed by atoms with Gasteiger partial charge in [-0.1, -0.05) is 12.8 Å². The first-order valence-electron chi connectivity index (χ1n) is 4.89. The van der Waals surface area contributed by atoms with Gasteiger partial charge in [0.25, 0.3) is 0 Å². The smallest absolute Gasteiger partial charge is 0.308 e. The van der Waals surface area contributed by atoms with Gasteiger partial charge < -0.3 is 4.74 Å². The van der Waals surface area contributed by atoms with Crippen molar-refractivity contribution in [2.45, 2.75) is 32.1 Å². The van der Waals surface area contributed by atoms with E-state index in [1.807, 2.05) is 0 Å². The number of ether oxygens (including phenoxy) is 1. The van der Waals surface area contributed by atoms with Crippen LogP contribution in [0.25, 0.3) is 0 Å². The lowest BCUT2D eigenvalue weighted by Gasteiger charge is -2.40. The second-order valence-corrected chi connectivity index (χ2v) is 4.15. The average Bonchev–Trinajstić information content (AvgIpc) is 2.18. The molecule has 3 saturated carbocycles. The van der Waals surface area contributed by atoms with E-state index in [2.05, 4.69) is 0 Å². The Labute approximate surface area is 85.4 Å². The molecular weight excluding hydrogens is 188 g/mol. The van der Waals surface area contributed by atoms with E-state index < -0.39 is 0 Å². The fourth-order valence-corrected chi connectivity index (χ4v) is 2.82. The summed E-state index contributed by atoms with van der Waals surface area (Å²) < 4.78 is 4.80. The van der Waals surface area contributed by atoms with Crippen LogP contribution in [0.5, 0.6) is 0 Å². The van der Waals surface area contributed by atoms with Crippen molar-refractivity contribution in [2.75, 3.05) is 7.11 Å². The number of carbonyl (C=O) groups excluding carboxylic acids is 1. The summed E-state index contributed by atoms with van der Waals surface area (Å²) in [4.78, 5) is 11.3. The van der Waals surface area contributed by atoms with E-state index in [1.54, 1.807) is 0 Å². The molecule has 0 aliphatic heterocycles. The third-order valence-corrected chi connectivity index (χ3v) is 3.55. The molecule has 0 heterocycles. The van der Waals surface area contributed by atoms with Crippen molar-refractivity contribution in [3.8, 4) is 0 Å². The van der Waals surface area contributed by atoms with Crippen LogP contribution in [-0.2, 0) is 9.53 Å². The van der Waals surface area contributed by atoms with Crippen LogP contribution in [-0.4, -0.2) is 13.1 Å². The number of hydrogen-bond acceptors (Lipinski definition) is 2. The monoisotopic (exact) mass is 204 g/mol. The molecule has 76 valence electrons.